The van der Waals surface area contributed by atoms with Crippen LogP contribution in [0.4, 0.5) is 0 Å². The van der Waals surface area contributed by atoms with Gasteiger partial charge in [-0.1, -0.05) is 60.7 Å². The molecule has 124 valence electrons. The van der Waals surface area contributed by atoms with Crippen LogP contribution in [0.3, 0.4) is 0 Å². The molecule has 4 nitrogen and oxygen atoms in total. The van der Waals surface area contributed by atoms with Gasteiger partial charge in [0.2, 0.25) is 0 Å². The van der Waals surface area contributed by atoms with Crippen LogP contribution in [0.2, 0.25) is 0 Å². The van der Waals surface area contributed by atoms with Gasteiger partial charge >= 0.3 is 29.6 Å². The monoisotopic (exact) mass is 372 g/mol. The SMILES string of the molecule is O=S(=O)([O-])c1c(-c2cccc3cc(O)ccc23)ccc2ccccc12.[Na+]. The average Bonchev–Trinajstić information content (AvgIpc) is 2.59. The van der Waals surface area contributed by atoms with Gasteiger partial charge in [0.05, 0.1) is 4.90 Å². The second-order valence-corrected chi connectivity index (χ2v) is 7.15. The second-order valence-electron chi connectivity index (χ2n) is 5.83. The molecule has 1 N–H and O–H groups in total. The molecule has 6 heteroatoms. The molecule has 0 spiro atoms. The molecule has 0 aliphatic rings. The van der Waals surface area contributed by atoms with Crippen molar-refractivity contribution in [2.45, 2.75) is 4.90 Å². The van der Waals surface area contributed by atoms with Crippen LogP contribution in [0.15, 0.2) is 77.7 Å². The maximum atomic E-state index is 12.0. The molecule has 0 unspecified atom stereocenters. The summed E-state index contributed by atoms with van der Waals surface area (Å²) in [5, 5.41) is 12.3. The first-order valence-corrected chi connectivity index (χ1v) is 9.06. The third-order valence-electron chi connectivity index (χ3n) is 4.28. The zero-order chi connectivity index (χ0) is 17.6. The van der Waals surface area contributed by atoms with E-state index >= 15 is 0 Å². The van der Waals surface area contributed by atoms with Crippen LogP contribution in [-0.2, 0) is 10.1 Å². The Hall–Kier alpha value is -1.89. The van der Waals surface area contributed by atoms with Crippen molar-refractivity contribution >= 4 is 31.7 Å². The third-order valence-corrected chi connectivity index (χ3v) is 5.22. The molecule has 0 aromatic heterocycles. The van der Waals surface area contributed by atoms with Crippen LogP contribution in [0.5, 0.6) is 5.75 Å². The molecule has 0 aliphatic heterocycles. The van der Waals surface area contributed by atoms with Gasteiger partial charge in [-0.2, -0.15) is 0 Å². The van der Waals surface area contributed by atoms with Gasteiger partial charge in [0.25, 0.3) is 0 Å². The summed E-state index contributed by atoms with van der Waals surface area (Å²) in [6.45, 7) is 0. The smallest absolute Gasteiger partial charge is 0.744 e. The van der Waals surface area contributed by atoms with E-state index in [1.165, 1.54) is 6.07 Å². The average molecular weight is 372 g/mol. The quantitative estimate of drug-likeness (QED) is 0.425. The summed E-state index contributed by atoms with van der Waals surface area (Å²) in [7, 11) is -4.68. The fourth-order valence-corrected chi connectivity index (χ4v) is 4.13. The van der Waals surface area contributed by atoms with Crippen LogP contribution in [0.1, 0.15) is 0 Å². The molecule has 4 aromatic carbocycles. The molecular weight excluding hydrogens is 359 g/mol. The minimum atomic E-state index is -4.68. The molecule has 0 radical (unpaired) electrons. The van der Waals surface area contributed by atoms with Crippen molar-refractivity contribution in [3.8, 4) is 16.9 Å². The van der Waals surface area contributed by atoms with Crippen molar-refractivity contribution in [2.24, 2.45) is 0 Å². The van der Waals surface area contributed by atoms with Crippen LogP contribution in [0, 0.1) is 0 Å². The summed E-state index contributed by atoms with van der Waals surface area (Å²) in [4.78, 5) is -0.217. The topological polar surface area (TPSA) is 77.4 Å². The van der Waals surface area contributed by atoms with E-state index in [0.717, 1.165) is 10.8 Å². The van der Waals surface area contributed by atoms with E-state index in [1.54, 1.807) is 60.7 Å². The predicted molar refractivity (Wildman–Crippen MR) is 96.5 cm³/mol. The number of hydrogen-bond donors (Lipinski definition) is 1. The third kappa shape index (κ3) is 3.24. The van der Waals surface area contributed by atoms with E-state index in [4.69, 9.17) is 0 Å². The summed E-state index contributed by atoms with van der Waals surface area (Å²) in [6.07, 6.45) is 0. The zero-order valence-corrected chi connectivity index (χ0v) is 16.8. The Labute approximate surface area is 173 Å². The van der Waals surface area contributed by atoms with E-state index in [-0.39, 0.29) is 40.2 Å². The molecule has 4 aromatic rings. The predicted octanol–water partition coefficient (Wildman–Crippen LogP) is 1.27. The Morgan fingerprint density at radius 1 is 0.731 bits per heavy atom. The molecule has 0 aliphatic carbocycles. The Morgan fingerprint density at radius 2 is 1.46 bits per heavy atom. The van der Waals surface area contributed by atoms with Crippen molar-refractivity contribution in [2.75, 3.05) is 0 Å². The van der Waals surface area contributed by atoms with E-state index in [2.05, 4.69) is 0 Å². The van der Waals surface area contributed by atoms with Gasteiger partial charge in [-0.05, 0) is 39.2 Å². The normalized spacial score (nSPS) is 11.4. The first kappa shape index (κ1) is 18.9. The van der Waals surface area contributed by atoms with E-state index in [0.29, 0.717) is 21.9 Å². The van der Waals surface area contributed by atoms with Gasteiger partial charge in [-0.3, -0.25) is 0 Å². The molecule has 0 bridgehead atoms. The minimum Gasteiger partial charge on any atom is -0.744 e. The maximum Gasteiger partial charge on any atom is 1.00 e. The Kier molecular flexibility index (Phi) is 5.10. The van der Waals surface area contributed by atoms with Gasteiger partial charge in [0.15, 0.2) is 0 Å². The Balaban J connectivity index is 0.00000196. The van der Waals surface area contributed by atoms with Crippen molar-refractivity contribution < 1.29 is 47.6 Å². The van der Waals surface area contributed by atoms with Gasteiger partial charge in [0, 0.05) is 5.56 Å². The fourth-order valence-electron chi connectivity index (χ4n) is 3.23. The number of fused-ring (bicyclic) bond motifs is 2. The van der Waals surface area contributed by atoms with Crippen LogP contribution >= 0.6 is 0 Å². The molecular formula is C20H13NaO4S. The van der Waals surface area contributed by atoms with Crippen molar-refractivity contribution in [3.05, 3.63) is 72.8 Å². The van der Waals surface area contributed by atoms with E-state index < -0.39 is 10.1 Å². The largest absolute Gasteiger partial charge is 1.00 e. The first-order chi connectivity index (χ1) is 11.9. The van der Waals surface area contributed by atoms with Crippen molar-refractivity contribution in [1.29, 1.82) is 0 Å². The molecule has 0 heterocycles. The Morgan fingerprint density at radius 3 is 2.23 bits per heavy atom. The zero-order valence-electron chi connectivity index (χ0n) is 14.0. The van der Waals surface area contributed by atoms with Crippen LogP contribution < -0.4 is 29.6 Å². The summed E-state index contributed by atoms with van der Waals surface area (Å²) in [5.41, 5.74) is 1.00. The van der Waals surface area contributed by atoms with E-state index in [1.807, 2.05) is 6.07 Å². The van der Waals surface area contributed by atoms with Crippen LogP contribution in [0.25, 0.3) is 32.7 Å². The summed E-state index contributed by atoms with van der Waals surface area (Å²) in [6, 6.07) is 20.6. The van der Waals surface area contributed by atoms with Gasteiger partial charge in [0.1, 0.15) is 15.9 Å². The summed E-state index contributed by atoms with van der Waals surface area (Å²) < 4.78 is 36.1. The molecule has 4 rings (SSSR count). The van der Waals surface area contributed by atoms with Crippen molar-refractivity contribution in [1.82, 2.24) is 0 Å². The van der Waals surface area contributed by atoms with Gasteiger partial charge in [-0.25, -0.2) is 8.42 Å². The van der Waals surface area contributed by atoms with Gasteiger partial charge in [-0.15, -0.1) is 0 Å². The number of aromatic hydroxyl groups is 1. The van der Waals surface area contributed by atoms with E-state index in [9.17, 15) is 18.1 Å². The molecule has 26 heavy (non-hydrogen) atoms. The molecule has 0 fully saturated rings. The number of phenolic OH excluding ortho intramolecular Hbond substituents is 1. The second kappa shape index (κ2) is 7.02. The summed E-state index contributed by atoms with van der Waals surface area (Å²) in [5.74, 6) is 0.125. The minimum absolute atomic E-state index is 0. The maximum absolute atomic E-state index is 12.0. The molecule has 0 amide bonds. The molecule has 0 atom stereocenters. The van der Waals surface area contributed by atoms with Gasteiger partial charge < -0.3 is 9.66 Å². The number of phenols is 1. The summed E-state index contributed by atoms with van der Waals surface area (Å²) >= 11 is 0. The first-order valence-electron chi connectivity index (χ1n) is 7.65. The molecule has 0 saturated heterocycles. The number of hydrogen-bond acceptors (Lipinski definition) is 4. The molecule has 0 saturated carbocycles. The standard InChI is InChI=1S/C20H14O4S.Na/c21-15-9-11-16-14(12-15)5-3-7-18(16)19-10-8-13-4-1-2-6-17(13)20(19)25(22,23)24;/h1-12,21H,(H,22,23,24);/q;+1/p-1. The van der Waals surface area contributed by atoms with Crippen molar-refractivity contribution in [3.63, 3.8) is 0 Å². The fraction of sp³-hybridized carbons (Fsp3) is 0. The number of rotatable bonds is 2. The number of benzene rings is 4. The Bertz CT molecular complexity index is 1230. The van der Waals surface area contributed by atoms with Crippen LogP contribution in [-0.4, -0.2) is 18.1 Å².